The first-order valence-electron chi connectivity index (χ1n) is 11.8. The zero-order valence-electron chi connectivity index (χ0n) is 18.3. The molecule has 0 aromatic rings. The van der Waals surface area contributed by atoms with E-state index in [1.54, 1.807) is 0 Å². The fourth-order valence-electron chi connectivity index (χ4n) is 8.68. The van der Waals surface area contributed by atoms with Crippen LogP contribution in [-0.4, -0.2) is 44.7 Å². The normalized spacial score (nSPS) is 52.9. The summed E-state index contributed by atoms with van der Waals surface area (Å²) in [6, 6.07) is 0. The topological polar surface area (TPSA) is 98.0 Å². The van der Waals surface area contributed by atoms with Crippen LogP contribution in [0.1, 0.15) is 78.6 Å². The number of fused-ring (bicyclic) bond motifs is 5. The second kappa shape index (κ2) is 7.49. The molecule has 0 aromatic carbocycles. The average Bonchev–Trinajstić information content (AvgIpc) is 3.01. The number of hydrogen-bond acceptors (Lipinski definition) is 4. The lowest BCUT2D eigenvalue weighted by Gasteiger charge is -2.63. The molecule has 0 radical (unpaired) electrons. The second-order valence-electron chi connectivity index (χ2n) is 11.4. The van der Waals surface area contributed by atoms with E-state index < -0.39 is 12.1 Å². The molecule has 5 heteroatoms. The molecule has 4 aliphatic carbocycles. The molecule has 4 rings (SSSR count). The molecule has 4 aliphatic rings. The van der Waals surface area contributed by atoms with Crippen LogP contribution in [0.5, 0.6) is 0 Å². The summed E-state index contributed by atoms with van der Waals surface area (Å²) in [6.45, 7) is 6.72. The second-order valence-corrected chi connectivity index (χ2v) is 11.4. The van der Waals surface area contributed by atoms with E-state index in [1.165, 1.54) is 0 Å². The molecule has 0 spiro atoms. The third kappa shape index (κ3) is 3.27. The number of carboxylic acids is 1. The largest absolute Gasteiger partial charge is 0.481 e. The van der Waals surface area contributed by atoms with E-state index >= 15 is 0 Å². The van der Waals surface area contributed by atoms with Crippen LogP contribution in [0.25, 0.3) is 0 Å². The zero-order chi connectivity index (χ0) is 21.1. The van der Waals surface area contributed by atoms with Gasteiger partial charge in [0.15, 0.2) is 0 Å². The quantitative estimate of drug-likeness (QED) is 0.571. The first kappa shape index (κ1) is 21.6. The molecule has 4 saturated carbocycles. The van der Waals surface area contributed by atoms with E-state index in [2.05, 4.69) is 20.8 Å². The van der Waals surface area contributed by atoms with Gasteiger partial charge in [-0.1, -0.05) is 20.8 Å². The van der Waals surface area contributed by atoms with Crippen molar-refractivity contribution in [2.75, 3.05) is 0 Å². The molecular formula is C24H40O5. The summed E-state index contributed by atoms with van der Waals surface area (Å²) in [5.74, 6) is 0.997. The molecule has 5 nitrogen and oxygen atoms in total. The van der Waals surface area contributed by atoms with E-state index in [9.17, 15) is 20.1 Å². The minimum absolute atomic E-state index is 0.0957. The molecule has 166 valence electrons. The van der Waals surface area contributed by atoms with E-state index in [-0.39, 0.29) is 41.3 Å². The number of carbonyl (C=O) groups is 1. The smallest absolute Gasteiger partial charge is 0.303 e. The van der Waals surface area contributed by atoms with Gasteiger partial charge in [0.25, 0.3) is 0 Å². The van der Waals surface area contributed by atoms with Gasteiger partial charge < -0.3 is 20.4 Å². The molecule has 11 atom stereocenters. The Bertz CT molecular complexity index is 637. The van der Waals surface area contributed by atoms with Gasteiger partial charge >= 0.3 is 5.97 Å². The molecule has 0 heterocycles. The Morgan fingerprint density at radius 1 is 1.03 bits per heavy atom. The number of aliphatic carboxylic acids is 1. The van der Waals surface area contributed by atoms with Crippen LogP contribution in [0.2, 0.25) is 0 Å². The average molecular weight is 409 g/mol. The van der Waals surface area contributed by atoms with Crippen LogP contribution < -0.4 is 0 Å². The summed E-state index contributed by atoms with van der Waals surface area (Å²) >= 11 is 0. The van der Waals surface area contributed by atoms with E-state index in [1.807, 2.05) is 0 Å². The molecular weight excluding hydrogens is 368 g/mol. The SMILES string of the molecule is C[C@H](CCC(=O)O)[C@H]1CC[C@H]2C3C(O)CC4C[C@H](O)CC[C@]4(C)C3C[C@H](O)[C@]12C. The van der Waals surface area contributed by atoms with Gasteiger partial charge in [-0.15, -0.1) is 0 Å². The highest BCUT2D eigenvalue weighted by Crippen LogP contribution is 2.68. The highest BCUT2D eigenvalue weighted by molar-refractivity contribution is 5.66. The molecule has 0 aromatic heterocycles. The Kier molecular flexibility index (Phi) is 5.57. The zero-order valence-corrected chi connectivity index (χ0v) is 18.3. The molecule has 0 saturated heterocycles. The third-order valence-corrected chi connectivity index (χ3v) is 10.3. The monoisotopic (exact) mass is 408 g/mol. The molecule has 4 fully saturated rings. The summed E-state index contributed by atoms with van der Waals surface area (Å²) in [5, 5.41) is 42.0. The lowest BCUT2D eigenvalue weighted by Crippen LogP contribution is -2.62. The van der Waals surface area contributed by atoms with Gasteiger partial charge in [-0.3, -0.25) is 4.79 Å². The fraction of sp³-hybridized carbons (Fsp3) is 0.958. The van der Waals surface area contributed by atoms with Crippen LogP contribution in [0.4, 0.5) is 0 Å². The minimum Gasteiger partial charge on any atom is -0.481 e. The first-order chi connectivity index (χ1) is 13.6. The Hall–Kier alpha value is -0.650. The van der Waals surface area contributed by atoms with Gasteiger partial charge in [-0.2, -0.15) is 0 Å². The van der Waals surface area contributed by atoms with Crippen LogP contribution >= 0.6 is 0 Å². The molecule has 4 N–H and O–H groups in total. The molecule has 0 bridgehead atoms. The van der Waals surface area contributed by atoms with Crippen molar-refractivity contribution < 1.29 is 25.2 Å². The Morgan fingerprint density at radius 3 is 2.45 bits per heavy atom. The summed E-state index contributed by atoms with van der Waals surface area (Å²) in [5.41, 5.74) is -0.143. The Morgan fingerprint density at radius 2 is 1.76 bits per heavy atom. The van der Waals surface area contributed by atoms with Gasteiger partial charge in [0.1, 0.15) is 0 Å². The van der Waals surface area contributed by atoms with Crippen molar-refractivity contribution in [3.8, 4) is 0 Å². The fourth-order valence-corrected chi connectivity index (χ4v) is 8.68. The van der Waals surface area contributed by atoms with E-state index in [0.717, 1.165) is 44.9 Å². The third-order valence-electron chi connectivity index (χ3n) is 10.3. The highest BCUT2D eigenvalue weighted by atomic mass is 16.4. The number of hydrogen-bond donors (Lipinski definition) is 4. The van der Waals surface area contributed by atoms with E-state index in [4.69, 9.17) is 5.11 Å². The van der Waals surface area contributed by atoms with Crippen molar-refractivity contribution >= 4 is 5.97 Å². The molecule has 0 amide bonds. The summed E-state index contributed by atoms with van der Waals surface area (Å²) in [7, 11) is 0. The molecule has 4 unspecified atom stereocenters. The van der Waals surface area contributed by atoms with Crippen molar-refractivity contribution in [3.63, 3.8) is 0 Å². The lowest BCUT2D eigenvalue weighted by atomic mass is 9.43. The number of rotatable bonds is 4. The Labute approximate surface area is 174 Å². The van der Waals surface area contributed by atoms with E-state index in [0.29, 0.717) is 30.1 Å². The minimum atomic E-state index is -0.748. The summed E-state index contributed by atoms with van der Waals surface area (Å²) in [6.07, 6.45) is 6.00. The summed E-state index contributed by atoms with van der Waals surface area (Å²) in [4.78, 5) is 11.1. The van der Waals surface area contributed by atoms with Gasteiger partial charge in [-0.05, 0) is 97.7 Å². The maximum atomic E-state index is 11.5. The predicted octanol–water partition coefficient (Wildman–Crippen LogP) is 3.45. The number of carboxylic acid groups (broad SMARTS) is 1. The number of aliphatic hydroxyl groups is 3. The highest BCUT2D eigenvalue weighted by Gasteiger charge is 2.65. The van der Waals surface area contributed by atoms with Gasteiger partial charge in [-0.25, -0.2) is 0 Å². The maximum absolute atomic E-state index is 11.5. The summed E-state index contributed by atoms with van der Waals surface area (Å²) < 4.78 is 0. The van der Waals surface area contributed by atoms with Gasteiger partial charge in [0, 0.05) is 6.42 Å². The Balaban J connectivity index is 1.61. The van der Waals surface area contributed by atoms with Crippen LogP contribution in [0.15, 0.2) is 0 Å². The standard InChI is InChI=1S/C24H40O5/c1-13(4-7-21(28)29)16-5-6-17-22-18(12-20(27)24(16,17)3)23(2)9-8-15(25)10-14(23)11-19(22)26/h13-20,22,25-27H,4-12H2,1-3H3,(H,28,29)/t13-,14?,15-,16-,17+,18?,19?,20+,22?,23+,24-/m1/s1. The molecule has 29 heavy (non-hydrogen) atoms. The first-order valence-corrected chi connectivity index (χ1v) is 11.8. The lowest BCUT2D eigenvalue weighted by molar-refractivity contribution is -0.207. The van der Waals surface area contributed by atoms with Crippen LogP contribution in [0, 0.1) is 46.3 Å². The van der Waals surface area contributed by atoms with Crippen LogP contribution in [-0.2, 0) is 4.79 Å². The van der Waals surface area contributed by atoms with Crippen molar-refractivity contribution in [2.24, 2.45) is 46.3 Å². The predicted molar refractivity (Wildman–Crippen MR) is 110 cm³/mol. The maximum Gasteiger partial charge on any atom is 0.303 e. The van der Waals surface area contributed by atoms with Gasteiger partial charge in [0.05, 0.1) is 18.3 Å². The molecule has 0 aliphatic heterocycles. The number of aliphatic hydroxyl groups excluding tert-OH is 3. The van der Waals surface area contributed by atoms with Crippen molar-refractivity contribution in [1.82, 2.24) is 0 Å². The van der Waals surface area contributed by atoms with Crippen molar-refractivity contribution in [3.05, 3.63) is 0 Å². The van der Waals surface area contributed by atoms with Crippen molar-refractivity contribution in [2.45, 2.75) is 96.9 Å². The van der Waals surface area contributed by atoms with Crippen LogP contribution in [0.3, 0.4) is 0 Å². The van der Waals surface area contributed by atoms with Gasteiger partial charge in [0.2, 0.25) is 0 Å². The van der Waals surface area contributed by atoms with Crippen molar-refractivity contribution in [1.29, 1.82) is 0 Å².